The van der Waals surface area contributed by atoms with Crippen molar-refractivity contribution in [3.63, 3.8) is 0 Å². The van der Waals surface area contributed by atoms with Crippen LogP contribution < -0.4 is 0 Å². The minimum absolute atomic E-state index is 0.0341. The van der Waals surface area contributed by atoms with Gasteiger partial charge >= 0.3 is 0 Å². The highest BCUT2D eigenvalue weighted by Crippen LogP contribution is 2.19. The molecule has 0 unspecified atom stereocenters. The predicted octanol–water partition coefficient (Wildman–Crippen LogP) is 2.36. The van der Waals surface area contributed by atoms with Crippen molar-refractivity contribution in [3.05, 3.63) is 34.1 Å². The Morgan fingerprint density at radius 3 is 2.83 bits per heavy atom. The maximum absolute atomic E-state index is 13.1. The molecule has 0 saturated carbocycles. The Hall–Kier alpha value is -0.635. The summed E-state index contributed by atoms with van der Waals surface area (Å²) in [5.74, 6) is -0.943. The van der Waals surface area contributed by atoms with Gasteiger partial charge in [0.05, 0.1) is 17.9 Å². The third-order valence-corrected chi connectivity index (χ3v) is 2.05. The molecule has 1 rings (SSSR count). The van der Waals surface area contributed by atoms with Crippen molar-refractivity contribution in [2.45, 2.75) is 6.32 Å². The van der Waals surface area contributed by atoms with E-state index in [2.05, 4.69) is 15.9 Å². The fraction of sp³-hybridized carbons (Fsp3) is 0.125. The van der Waals surface area contributed by atoms with Gasteiger partial charge in [0.1, 0.15) is 5.82 Å². The quantitative estimate of drug-likeness (QED) is 0.559. The normalized spacial score (nSPS) is 9.83. The van der Waals surface area contributed by atoms with E-state index in [9.17, 15) is 9.18 Å². The second-order valence-electron chi connectivity index (χ2n) is 2.23. The fourth-order valence-electron chi connectivity index (χ4n) is 0.829. The summed E-state index contributed by atoms with van der Waals surface area (Å²) < 4.78 is 13.4. The van der Waals surface area contributed by atoms with Gasteiger partial charge in [-0.15, -0.1) is 0 Å². The Kier molecular flexibility index (Phi) is 3.03. The Bertz CT molecular complexity index is 314. The first-order valence-corrected chi connectivity index (χ1v) is 4.13. The topological polar surface area (TPSA) is 17.1 Å². The molecule has 12 heavy (non-hydrogen) atoms. The van der Waals surface area contributed by atoms with Crippen LogP contribution in [0.2, 0.25) is 6.32 Å². The average molecular weight is 227 g/mol. The summed E-state index contributed by atoms with van der Waals surface area (Å²) in [5.41, 5.74) is 0.0341. The van der Waals surface area contributed by atoms with Crippen molar-refractivity contribution in [3.8, 4) is 0 Å². The van der Waals surface area contributed by atoms with E-state index in [0.29, 0.717) is 0 Å². The number of hydrogen-bond donors (Lipinski definition) is 0. The molecule has 2 radical (unpaired) electrons. The third kappa shape index (κ3) is 1.75. The maximum atomic E-state index is 13.1. The molecule has 0 saturated heterocycles. The summed E-state index contributed by atoms with van der Waals surface area (Å²) in [6.07, 6.45) is -0.173. The van der Waals surface area contributed by atoms with Crippen LogP contribution in [0.3, 0.4) is 0 Å². The van der Waals surface area contributed by atoms with E-state index in [0.717, 1.165) is 0 Å². The number of rotatable bonds is 2. The molecule has 0 spiro atoms. The van der Waals surface area contributed by atoms with Crippen LogP contribution in [0.25, 0.3) is 0 Å². The van der Waals surface area contributed by atoms with Gasteiger partial charge in [-0.2, -0.15) is 0 Å². The van der Waals surface area contributed by atoms with Crippen LogP contribution in [0, 0.1) is 5.82 Å². The molecule has 1 aromatic rings. The average Bonchev–Trinajstić information content (AvgIpc) is 2.08. The summed E-state index contributed by atoms with van der Waals surface area (Å²) in [5, 5.41) is 0. The van der Waals surface area contributed by atoms with Crippen LogP contribution >= 0.6 is 15.9 Å². The standard InChI is InChI=1S/C8H5BBrFO/c9-4-7(12)5-2-1-3-6(10)8(5)11/h1-3H,4H2. The largest absolute Gasteiger partial charge is 0.295 e. The first-order valence-electron chi connectivity index (χ1n) is 3.34. The molecule has 1 nitrogen and oxygen atoms in total. The summed E-state index contributed by atoms with van der Waals surface area (Å²) in [6, 6.07) is 4.54. The molecule has 0 N–H and O–H groups in total. The van der Waals surface area contributed by atoms with Gasteiger partial charge in [0, 0.05) is 0 Å². The second kappa shape index (κ2) is 3.85. The van der Waals surface area contributed by atoms with Gasteiger partial charge in [-0.1, -0.05) is 6.07 Å². The van der Waals surface area contributed by atoms with Gasteiger partial charge < -0.3 is 0 Å². The molecule has 0 bridgehead atoms. The zero-order valence-electron chi connectivity index (χ0n) is 6.18. The van der Waals surface area contributed by atoms with E-state index in [1.807, 2.05) is 0 Å². The Balaban J connectivity index is 3.16. The van der Waals surface area contributed by atoms with Crippen molar-refractivity contribution in [2.75, 3.05) is 0 Å². The zero-order valence-corrected chi connectivity index (χ0v) is 7.77. The van der Waals surface area contributed by atoms with E-state index in [-0.39, 0.29) is 16.4 Å². The molecule has 0 heterocycles. The maximum Gasteiger partial charge on any atom is 0.157 e. The molecule has 0 amide bonds. The highest BCUT2D eigenvalue weighted by molar-refractivity contribution is 9.10. The predicted molar refractivity (Wildman–Crippen MR) is 49.0 cm³/mol. The molecule has 0 fully saturated rings. The second-order valence-corrected chi connectivity index (χ2v) is 3.08. The lowest BCUT2D eigenvalue weighted by Crippen LogP contribution is -2.01. The number of Topliss-reactive ketones (excluding diaryl/α,β-unsaturated/α-hetero) is 1. The third-order valence-electron chi connectivity index (χ3n) is 1.44. The molecule has 0 aliphatic rings. The van der Waals surface area contributed by atoms with Gasteiger partial charge in [0.2, 0.25) is 0 Å². The summed E-state index contributed by atoms with van der Waals surface area (Å²) in [7, 11) is 5.09. The minimum atomic E-state index is -0.548. The Labute approximate surface area is 79.5 Å². The van der Waals surface area contributed by atoms with Crippen molar-refractivity contribution in [1.29, 1.82) is 0 Å². The SMILES string of the molecule is [B]CC(=O)c1cccc(Br)c1F. The van der Waals surface area contributed by atoms with Gasteiger partial charge in [-0.25, -0.2) is 4.39 Å². The number of carbonyl (C=O) groups is 1. The first kappa shape index (κ1) is 9.45. The van der Waals surface area contributed by atoms with Crippen LogP contribution in [0.1, 0.15) is 10.4 Å². The van der Waals surface area contributed by atoms with Crippen LogP contribution in [-0.4, -0.2) is 13.6 Å². The number of benzene rings is 1. The molecule has 0 aliphatic carbocycles. The van der Waals surface area contributed by atoms with Crippen molar-refractivity contribution in [1.82, 2.24) is 0 Å². The smallest absolute Gasteiger partial charge is 0.157 e. The van der Waals surface area contributed by atoms with Crippen LogP contribution in [0.4, 0.5) is 4.39 Å². The van der Waals surface area contributed by atoms with E-state index in [1.54, 1.807) is 6.07 Å². The lowest BCUT2D eigenvalue weighted by Gasteiger charge is -2.00. The first-order chi connectivity index (χ1) is 5.66. The van der Waals surface area contributed by atoms with Gasteiger partial charge in [-0.05, 0) is 34.4 Å². The highest BCUT2D eigenvalue weighted by Gasteiger charge is 2.10. The molecular formula is C8H5BBrFO. The number of ketones is 1. The molecule has 60 valence electrons. The number of carbonyl (C=O) groups excluding carboxylic acids is 1. The highest BCUT2D eigenvalue weighted by atomic mass is 79.9. The molecular weight excluding hydrogens is 222 g/mol. The zero-order chi connectivity index (χ0) is 9.14. The monoisotopic (exact) mass is 226 g/mol. The van der Waals surface area contributed by atoms with Crippen molar-refractivity contribution in [2.24, 2.45) is 0 Å². The number of hydrogen-bond acceptors (Lipinski definition) is 1. The van der Waals surface area contributed by atoms with Gasteiger partial charge in [0.15, 0.2) is 5.78 Å². The molecule has 1 aromatic carbocycles. The van der Waals surface area contributed by atoms with Crippen molar-refractivity contribution >= 4 is 29.6 Å². The van der Waals surface area contributed by atoms with E-state index in [1.165, 1.54) is 12.1 Å². The summed E-state index contributed by atoms with van der Waals surface area (Å²) in [4.78, 5) is 11.0. The summed E-state index contributed by atoms with van der Waals surface area (Å²) >= 11 is 2.98. The van der Waals surface area contributed by atoms with Gasteiger partial charge in [-0.3, -0.25) is 4.79 Å². The van der Waals surface area contributed by atoms with Gasteiger partial charge in [0.25, 0.3) is 0 Å². The van der Waals surface area contributed by atoms with E-state index < -0.39 is 11.6 Å². The molecule has 0 atom stereocenters. The molecule has 4 heteroatoms. The van der Waals surface area contributed by atoms with Crippen LogP contribution in [0.15, 0.2) is 22.7 Å². The van der Waals surface area contributed by atoms with Crippen LogP contribution in [0.5, 0.6) is 0 Å². The minimum Gasteiger partial charge on any atom is -0.295 e. The van der Waals surface area contributed by atoms with Crippen molar-refractivity contribution < 1.29 is 9.18 Å². The lowest BCUT2D eigenvalue weighted by molar-refractivity contribution is 0.101. The van der Waals surface area contributed by atoms with Crippen LogP contribution in [-0.2, 0) is 0 Å². The Morgan fingerprint density at radius 1 is 1.58 bits per heavy atom. The molecule has 0 aliphatic heterocycles. The van der Waals surface area contributed by atoms with E-state index >= 15 is 0 Å². The molecule has 0 aromatic heterocycles. The van der Waals surface area contributed by atoms with E-state index in [4.69, 9.17) is 7.85 Å². The number of halogens is 2. The lowest BCUT2D eigenvalue weighted by atomic mass is 9.96. The summed E-state index contributed by atoms with van der Waals surface area (Å²) in [6.45, 7) is 0. The fourth-order valence-corrected chi connectivity index (χ4v) is 1.20. The Morgan fingerprint density at radius 2 is 2.25 bits per heavy atom.